The number of nitrogens with one attached hydrogen (secondary N) is 2. The number of carbonyl (C=O) groups excluding carboxylic acids is 2. The van der Waals surface area contributed by atoms with E-state index in [1.54, 1.807) is 7.05 Å². The second-order valence-electron chi connectivity index (χ2n) is 8.09. The molecule has 3 amide bonds. The SMILES string of the molecule is CNC(=O)CCc1ccc(CC2CCN(C(=O)NCCc3ccccc3)CC2)cc1. The monoisotopic (exact) mass is 407 g/mol. The third kappa shape index (κ3) is 6.90. The van der Waals surface area contributed by atoms with Crippen LogP contribution in [0, 0.1) is 5.92 Å². The summed E-state index contributed by atoms with van der Waals surface area (Å²) in [5.74, 6) is 0.699. The Morgan fingerprint density at radius 3 is 2.20 bits per heavy atom. The summed E-state index contributed by atoms with van der Waals surface area (Å²) in [5, 5.41) is 5.71. The van der Waals surface area contributed by atoms with E-state index in [-0.39, 0.29) is 11.9 Å². The molecule has 1 saturated heterocycles. The number of hydrogen-bond acceptors (Lipinski definition) is 2. The van der Waals surface area contributed by atoms with E-state index in [9.17, 15) is 9.59 Å². The first-order chi connectivity index (χ1) is 14.6. The van der Waals surface area contributed by atoms with Gasteiger partial charge in [-0.2, -0.15) is 0 Å². The van der Waals surface area contributed by atoms with Gasteiger partial charge in [-0.3, -0.25) is 4.79 Å². The van der Waals surface area contributed by atoms with Crippen molar-refractivity contribution >= 4 is 11.9 Å². The fourth-order valence-electron chi connectivity index (χ4n) is 3.97. The van der Waals surface area contributed by atoms with Crippen LogP contribution in [-0.2, 0) is 24.1 Å². The number of likely N-dealkylation sites (tertiary alicyclic amines) is 1. The van der Waals surface area contributed by atoms with Gasteiger partial charge < -0.3 is 15.5 Å². The highest BCUT2D eigenvalue weighted by Crippen LogP contribution is 2.22. The lowest BCUT2D eigenvalue weighted by molar-refractivity contribution is -0.120. The van der Waals surface area contributed by atoms with Gasteiger partial charge in [0, 0.05) is 33.1 Å². The van der Waals surface area contributed by atoms with Gasteiger partial charge in [-0.05, 0) is 54.7 Å². The molecular formula is C25H33N3O2. The lowest BCUT2D eigenvalue weighted by atomic mass is 9.90. The molecule has 0 bridgehead atoms. The van der Waals surface area contributed by atoms with Gasteiger partial charge in [0.2, 0.25) is 5.91 Å². The molecule has 0 unspecified atom stereocenters. The molecule has 1 aliphatic heterocycles. The number of benzene rings is 2. The standard InChI is InChI=1S/C25H33N3O2/c1-26-24(29)12-11-21-7-9-22(10-8-21)19-23-14-17-28(18-15-23)25(30)27-16-13-20-5-3-2-4-6-20/h2-10,23H,11-19H2,1H3,(H,26,29)(H,27,30). The van der Waals surface area contributed by atoms with Crippen LogP contribution in [-0.4, -0.2) is 43.5 Å². The first-order valence-electron chi connectivity index (χ1n) is 11.0. The Bertz CT molecular complexity index is 797. The maximum absolute atomic E-state index is 12.4. The molecule has 0 radical (unpaired) electrons. The third-order valence-electron chi connectivity index (χ3n) is 5.90. The van der Waals surface area contributed by atoms with Crippen molar-refractivity contribution in [2.75, 3.05) is 26.7 Å². The van der Waals surface area contributed by atoms with Crippen molar-refractivity contribution in [3.05, 3.63) is 71.3 Å². The lowest BCUT2D eigenvalue weighted by Crippen LogP contribution is -2.45. The van der Waals surface area contributed by atoms with E-state index in [0.29, 0.717) is 18.9 Å². The van der Waals surface area contributed by atoms with E-state index in [1.807, 2.05) is 23.1 Å². The van der Waals surface area contributed by atoms with Gasteiger partial charge in [-0.15, -0.1) is 0 Å². The van der Waals surface area contributed by atoms with Crippen molar-refractivity contribution in [3.8, 4) is 0 Å². The summed E-state index contributed by atoms with van der Waals surface area (Å²) in [6.07, 6.45) is 5.32. The largest absolute Gasteiger partial charge is 0.359 e. The highest BCUT2D eigenvalue weighted by Gasteiger charge is 2.22. The molecule has 160 valence electrons. The number of hydrogen-bond donors (Lipinski definition) is 2. The van der Waals surface area contributed by atoms with Crippen LogP contribution in [0.1, 0.15) is 36.0 Å². The zero-order valence-electron chi connectivity index (χ0n) is 17.9. The minimum atomic E-state index is 0.0600. The molecule has 0 aromatic heterocycles. The molecule has 1 aliphatic rings. The van der Waals surface area contributed by atoms with Gasteiger partial charge in [-0.1, -0.05) is 54.6 Å². The molecule has 2 aromatic rings. The molecule has 0 spiro atoms. The number of rotatable bonds is 8. The summed E-state index contributed by atoms with van der Waals surface area (Å²) in [7, 11) is 1.67. The van der Waals surface area contributed by atoms with Gasteiger partial charge >= 0.3 is 6.03 Å². The number of carbonyl (C=O) groups is 2. The summed E-state index contributed by atoms with van der Waals surface area (Å²) in [4.78, 5) is 25.7. The average Bonchev–Trinajstić information content (AvgIpc) is 2.79. The van der Waals surface area contributed by atoms with E-state index >= 15 is 0 Å². The predicted molar refractivity (Wildman–Crippen MR) is 120 cm³/mol. The highest BCUT2D eigenvalue weighted by molar-refractivity contribution is 5.75. The quantitative estimate of drug-likeness (QED) is 0.703. The van der Waals surface area contributed by atoms with Crippen molar-refractivity contribution in [2.45, 2.75) is 38.5 Å². The van der Waals surface area contributed by atoms with Gasteiger partial charge in [0.05, 0.1) is 0 Å². The number of nitrogens with zero attached hydrogens (tertiary/aromatic N) is 1. The average molecular weight is 408 g/mol. The third-order valence-corrected chi connectivity index (χ3v) is 5.90. The van der Waals surface area contributed by atoms with E-state index in [0.717, 1.165) is 45.2 Å². The Morgan fingerprint density at radius 2 is 1.53 bits per heavy atom. The summed E-state index contributed by atoms with van der Waals surface area (Å²) in [6.45, 7) is 2.33. The topological polar surface area (TPSA) is 61.4 Å². The predicted octanol–water partition coefficient (Wildman–Crippen LogP) is 3.57. The Kier molecular flexibility index (Phi) is 8.30. The molecule has 1 heterocycles. The van der Waals surface area contributed by atoms with Crippen molar-refractivity contribution in [1.82, 2.24) is 15.5 Å². The fourth-order valence-corrected chi connectivity index (χ4v) is 3.97. The smallest absolute Gasteiger partial charge is 0.317 e. The van der Waals surface area contributed by atoms with Gasteiger partial charge in [0.15, 0.2) is 0 Å². The summed E-state index contributed by atoms with van der Waals surface area (Å²) in [6, 6.07) is 18.9. The first kappa shape index (κ1) is 21.9. The normalized spacial score (nSPS) is 14.4. The van der Waals surface area contributed by atoms with Crippen molar-refractivity contribution < 1.29 is 9.59 Å². The van der Waals surface area contributed by atoms with Crippen LogP contribution in [0.15, 0.2) is 54.6 Å². The number of amides is 3. The molecule has 0 atom stereocenters. The summed E-state index contributed by atoms with van der Waals surface area (Å²) in [5.41, 5.74) is 3.78. The molecule has 3 rings (SSSR count). The minimum absolute atomic E-state index is 0.0600. The van der Waals surface area contributed by atoms with Crippen molar-refractivity contribution in [1.29, 1.82) is 0 Å². The van der Waals surface area contributed by atoms with Crippen LogP contribution in [0.2, 0.25) is 0 Å². The van der Waals surface area contributed by atoms with Crippen LogP contribution >= 0.6 is 0 Å². The molecule has 1 fully saturated rings. The summed E-state index contributed by atoms with van der Waals surface area (Å²) >= 11 is 0. The second kappa shape index (κ2) is 11.4. The number of aryl methyl sites for hydroxylation is 1. The van der Waals surface area contributed by atoms with Gasteiger partial charge in [-0.25, -0.2) is 4.79 Å². The molecule has 2 aromatic carbocycles. The molecule has 2 N–H and O–H groups in total. The molecule has 0 saturated carbocycles. The number of urea groups is 1. The highest BCUT2D eigenvalue weighted by atomic mass is 16.2. The maximum Gasteiger partial charge on any atom is 0.317 e. The Hall–Kier alpha value is -2.82. The molecular weight excluding hydrogens is 374 g/mol. The molecule has 5 heteroatoms. The number of piperidine rings is 1. The Morgan fingerprint density at radius 1 is 0.900 bits per heavy atom. The zero-order valence-corrected chi connectivity index (χ0v) is 17.9. The lowest BCUT2D eigenvalue weighted by Gasteiger charge is -2.32. The first-order valence-corrected chi connectivity index (χ1v) is 11.0. The van der Waals surface area contributed by atoms with Crippen LogP contribution in [0.4, 0.5) is 4.79 Å². The molecule has 5 nitrogen and oxygen atoms in total. The second-order valence-corrected chi connectivity index (χ2v) is 8.09. The van der Waals surface area contributed by atoms with Crippen LogP contribution in [0.5, 0.6) is 0 Å². The Balaban J connectivity index is 1.35. The fraction of sp³-hybridized carbons (Fsp3) is 0.440. The van der Waals surface area contributed by atoms with E-state index < -0.39 is 0 Å². The van der Waals surface area contributed by atoms with Crippen LogP contribution in [0.3, 0.4) is 0 Å². The van der Waals surface area contributed by atoms with Crippen LogP contribution in [0.25, 0.3) is 0 Å². The summed E-state index contributed by atoms with van der Waals surface area (Å²) < 4.78 is 0. The molecule has 0 aliphatic carbocycles. The van der Waals surface area contributed by atoms with E-state index in [1.165, 1.54) is 16.7 Å². The van der Waals surface area contributed by atoms with Gasteiger partial charge in [0.25, 0.3) is 0 Å². The van der Waals surface area contributed by atoms with Crippen molar-refractivity contribution in [2.24, 2.45) is 5.92 Å². The van der Waals surface area contributed by atoms with Crippen LogP contribution < -0.4 is 10.6 Å². The van der Waals surface area contributed by atoms with Crippen molar-refractivity contribution in [3.63, 3.8) is 0 Å². The van der Waals surface area contributed by atoms with E-state index in [4.69, 9.17) is 0 Å². The Labute approximate surface area is 179 Å². The maximum atomic E-state index is 12.4. The zero-order chi connectivity index (χ0) is 21.2. The molecule has 30 heavy (non-hydrogen) atoms. The minimum Gasteiger partial charge on any atom is -0.359 e. The van der Waals surface area contributed by atoms with Gasteiger partial charge in [0.1, 0.15) is 0 Å². The van der Waals surface area contributed by atoms with E-state index in [2.05, 4.69) is 47.0 Å².